The average Bonchev–Trinajstić information content (AvgIpc) is 2.95. The van der Waals surface area contributed by atoms with Crippen LogP contribution in [0.5, 0.6) is 0 Å². The van der Waals surface area contributed by atoms with Crippen LogP contribution in [0.15, 0.2) is 54.6 Å². The van der Waals surface area contributed by atoms with E-state index in [0.29, 0.717) is 13.0 Å². The molecule has 0 aliphatic heterocycles. The molecule has 0 aliphatic carbocycles. The van der Waals surface area contributed by atoms with Crippen LogP contribution in [0.3, 0.4) is 0 Å². The Morgan fingerprint density at radius 2 is 1.80 bits per heavy atom. The van der Waals surface area contributed by atoms with Gasteiger partial charge in [-0.2, -0.15) is 0 Å². The zero-order valence-electron chi connectivity index (χ0n) is 14.9. The monoisotopic (exact) mass is 335 g/mol. The fourth-order valence-corrected chi connectivity index (χ4v) is 3.14. The summed E-state index contributed by atoms with van der Waals surface area (Å²) in [7, 11) is 2.08. The maximum absolute atomic E-state index is 12.3. The molecular weight excluding hydrogens is 310 g/mol. The fraction of sp³-hybridized carbons (Fsp3) is 0.286. The number of H-pyrrole nitrogens is 1. The Morgan fingerprint density at radius 1 is 1.08 bits per heavy atom. The van der Waals surface area contributed by atoms with Gasteiger partial charge in [0.2, 0.25) is 5.91 Å². The van der Waals surface area contributed by atoms with Gasteiger partial charge in [0.1, 0.15) is 0 Å². The van der Waals surface area contributed by atoms with Crippen molar-refractivity contribution in [3.8, 4) is 0 Å². The number of aromatic amines is 1. The van der Waals surface area contributed by atoms with E-state index in [1.165, 1.54) is 5.69 Å². The molecule has 4 heteroatoms. The molecule has 0 unspecified atom stereocenters. The second-order valence-corrected chi connectivity index (χ2v) is 6.41. The van der Waals surface area contributed by atoms with E-state index in [1.54, 1.807) is 0 Å². The van der Waals surface area contributed by atoms with Crippen molar-refractivity contribution < 1.29 is 4.79 Å². The van der Waals surface area contributed by atoms with Gasteiger partial charge in [-0.05, 0) is 37.1 Å². The Labute approximate surface area is 148 Å². The maximum atomic E-state index is 12.3. The Kier molecular flexibility index (Phi) is 5.39. The first-order chi connectivity index (χ1) is 12.1. The zero-order valence-corrected chi connectivity index (χ0v) is 14.9. The highest BCUT2D eigenvalue weighted by Crippen LogP contribution is 2.22. The molecule has 130 valence electrons. The second kappa shape index (κ2) is 7.88. The van der Waals surface area contributed by atoms with Gasteiger partial charge < -0.3 is 15.2 Å². The Bertz CT molecular complexity index is 839. The average molecular weight is 335 g/mol. The Balaban J connectivity index is 1.47. The van der Waals surface area contributed by atoms with E-state index in [4.69, 9.17) is 0 Å². The summed E-state index contributed by atoms with van der Waals surface area (Å²) in [6.45, 7) is 3.63. The number of hydrogen-bond donors (Lipinski definition) is 2. The van der Waals surface area contributed by atoms with E-state index in [-0.39, 0.29) is 5.91 Å². The SMILES string of the molecule is Cc1[nH]c2ccccc2c1CC(=O)NCCCN(C)c1ccccc1. The molecule has 0 saturated carbocycles. The highest BCUT2D eigenvalue weighted by atomic mass is 16.1. The van der Waals surface area contributed by atoms with Crippen molar-refractivity contribution in [1.29, 1.82) is 0 Å². The van der Waals surface area contributed by atoms with E-state index in [2.05, 4.69) is 40.4 Å². The molecule has 4 nitrogen and oxygen atoms in total. The van der Waals surface area contributed by atoms with Gasteiger partial charge in [0.05, 0.1) is 6.42 Å². The van der Waals surface area contributed by atoms with Crippen LogP contribution in [0.1, 0.15) is 17.7 Å². The van der Waals surface area contributed by atoms with Crippen molar-refractivity contribution in [3.05, 3.63) is 65.9 Å². The molecule has 0 radical (unpaired) electrons. The number of fused-ring (bicyclic) bond motifs is 1. The summed E-state index contributed by atoms with van der Waals surface area (Å²) < 4.78 is 0. The molecule has 0 aliphatic rings. The number of amides is 1. The third-order valence-corrected chi connectivity index (χ3v) is 4.55. The Hall–Kier alpha value is -2.75. The lowest BCUT2D eigenvalue weighted by Gasteiger charge is -2.19. The van der Waals surface area contributed by atoms with Crippen LogP contribution < -0.4 is 10.2 Å². The summed E-state index contributed by atoms with van der Waals surface area (Å²) in [5.74, 6) is 0.0789. The molecule has 1 aromatic heterocycles. The third-order valence-electron chi connectivity index (χ3n) is 4.55. The van der Waals surface area contributed by atoms with Crippen LogP contribution in [0.25, 0.3) is 10.9 Å². The van der Waals surface area contributed by atoms with Gasteiger partial charge >= 0.3 is 0 Å². The molecule has 0 spiro atoms. The third kappa shape index (κ3) is 4.21. The van der Waals surface area contributed by atoms with Gasteiger partial charge in [0, 0.05) is 42.4 Å². The number of rotatable bonds is 7. The smallest absolute Gasteiger partial charge is 0.224 e. The molecule has 3 rings (SSSR count). The van der Waals surface area contributed by atoms with Crippen molar-refractivity contribution >= 4 is 22.5 Å². The highest BCUT2D eigenvalue weighted by Gasteiger charge is 2.11. The molecule has 25 heavy (non-hydrogen) atoms. The summed E-state index contributed by atoms with van der Waals surface area (Å²) in [6, 6.07) is 18.4. The summed E-state index contributed by atoms with van der Waals surface area (Å²) in [4.78, 5) is 17.8. The summed E-state index contributed by atoms with van der Waals surface area (Å²) >= 11 is 0. The number of hydrogen-bond acceptors (Lipinski definition) is 2. The number of nitrogens with zero attached hydrogens (tertiary/aromatic N) is 1. The number of benzene rings is 2. The van der Waals surface area contributed by atoms with Crippen LogP contribution in [-0.4, -0.2) is 31.0 Å². The van der Waals surface area contributed by atoms with E-state index >= 15 is 0 Å². The molecule has 1 heterocycles. The quantitative estimate of drug-likeness (QED) is 0.647. The molecule has 2 N–H and O–H groups in total. The molecule has 0 bridgehead atoms. The van der Waals surface area contributed by atoms with Gasteiger partial charge in [0.15, 0.2) is 0 Å². The molecule has 0 saturated heterocycles. The lowest BCUT2D eigenvalue weighted by Crippen LogP contribution is -2.29. The number of aromatic nitrogens is 1. The van der Waals surface area contributed by atoms with Crippen LogP contribution in [0.4, 0.5) is 5.69 Å². The minimum Gasteiger partial charge on any atom is -0.375 e. The first kappa shape index (κ1) is 17.1. The minimum absolute atomic E-state index is 0.0789. The van der Waals surface area contributed by atoms with Crippen LogP contribution in [-0.2, 0) is 11.2 Å². The highest BCUT2D eigenvalue weighted by molar-refractivity contribution is 5.90. The summed E-state index contributed by atoms with van der Waals surface area (Å²) in [5, 5.41) is 4.18. The van der Waals surface area contributed by atoms with Gasteiger partial charge in [-0.15, -0.1) is 0 Å². The standard InChI is InChI=1S/C21H25N3O/c1-16-19(18-11-6-7-12-20(18)23-16)15-21(25)22-13-8-14-24(2)17-9-4-3-5-10-17/h3-7,9-12,23H,8,13-15H2,1-2H3,(H,22,25). The molecule has 0 atom stereocenters. The van der Waals surface area contributed by atoms with Crippen LogP contribution in [0, 0.1) is 6.92 Å². The van der Waals surface area contributed by atoms with Gasteiger partial charge in [-0.25, -0.2) is 0 Å². The molecule has 0 fully saturated rings. The van der Waals surface area contributed by atoms with Crippen molar-refractivity contribution in [1.82, 2.24) is 10.3 Å². The lowest BCUT2D eigenvalue weighted by atomic mass is 10.1. The predicted molar refractivity (Wildman–Crippen MR) is 104 cm³/mol. The lowest BCUT2D eigenvalue weighted by molar-refractivity contribution is -0.120. The van der Waals surface area contributed by atoms with E-state index in [1.807, 2.05) is 43.3 Å². The first-order valence-electron chi connectivity index (χ1n) is 8.74. The van der Waals surface area contributed by atoms with Crippen molar-refractivity contribution in [2.24, 2.45) is 0 Å². The van der Waals surface area contributed by atoms with E-state index in [9.17, 15) is 4.79 Å². The topological polar surface area (TPSA) is 48.1 Å². The number of carbonyl (C=O) groups is 1. The normalized spacial score (nSPS) is 10.8. The van der Waals surface area contributed by atoms with Crippen LogP contribution in [0.2, 0.25) is 0 Å². The van der Waals surface area contributed by atoms with Gasteiger partial charge in [-0.1, -0.05) is 36.4 Å². The van der Waals surface area contributed by atoms with Gasteiger partial charge in [-0.3, -0.25) is 4.79 Å². The second-order valence-electron chi connectivity index (χ2n) is 6.41. The van der Waals surface area contributed by atoms with Gasteiger partial charge in [0.25, 0.3) is 0 Å². The van der Waals surface area contributed by atoms with Crippen molar-refractivity contribution in [2.75, 3.05) is 25.0 Å². The number of nitrogens with one attached hydrogen (secondary N) is 2. The van der Waals surface area contributed by atoms with E-state index in [0.717, 1.165) is 35.1 Å². The zero-order chi connectivity index (χ0) is 17.6. The molecular formula is C21H25N3O. The summed E-state index contributed by atoms with van der Waals surface area (Å²) in [5.41, 5.74) is 4.45. The number of anilines is 1. The fourth-order valence-electron chi connectivity index (χ4n) is 3.14. The van der Waals surface area contributed by atoms with Crippen LogP contribution >= 0.6 is 0 Å². The molecule has 3 aromatic rings. The minimum atomic E-state index is 0.0789. The van der Waals surface area contributed by atoms with E-state index < -0.39 is 0 Å². The number of para-hydroxylation sites is 2. The number of aryl methyl sites for hydroxylation is 1. The molecule has 2 aromatic carbocycles. The van der Waals surface area contributed by atoms with Crippen molar-refractivity contribution in [3.63, 3.8) is 0 Å². The summed E-state index contributed by atoms with van der Waals surface area (Å²) in [6.07, 6.45) is 1.34. The first-order valence-corrected chi connectivity index (χ1v) is 8.74. The molecule has 1 amide bonds. The Morgan fingerprint density at radius 3 is 2.60 bits per heavy atom. The maximum Gasteiger partial charge on any atom is 0.224 e. The largest absolute Gasteiger partial charge is 0.375 e. The van der Waals surface area contributed by atoms with Crippen molar-refractivity contribution in [2.45, 2.75) is 19.8 Å². The predicted octanol–water partition coefficient (Wildman–Crippen LogP) is 3.66. The number of carbonyl (C=O) groups excluding carboxylic acids is 1.